The van der Waals surface area contributed by atoms with Crippen molar-refractivity contribution in [2.45, 2.75) is 71.3 Å². The van der Waals surface area contributed by atoms with Gasteiger partial charge in [-0.2, -0.15) is 0 Å². The molecule has 0 aromatic carbocycles. The van der Waals surface area contributed by atoms with E-state index in [9.17, 15) is 4.79 Å². The van der Waals surface area contributed by atoms with Crippen molar-refractivity contribution < 1.29 is 9.90 Å². The third-order valence-corrected chi connectivity index (χ3v) is 3.15. The molecular weight excluding hydrogens is 202 g/mol. The van der Waals surface area contributed by atoms with E-state index in [-0.39, 0.29) is 5.92 Å². The minimum Gasteiger partial charge on any atom is -0.480 e. The fourth-order valence-corrected chi connectivity index (χ4v) is 2.02. The van der Waals surface area contributed by atoms with E-state index < -0.39 is 12.0 Å². The average Bonchev–Trinajstić information content (AvgIpc) is 2.26. The summed E-state index contributed by atoms with van der Waals surface area (Å²) in [6.07, 6.45) is 8.83. The van der Waals surface area contributed by atoms with E-state index in [2.05, 4.69) is 13.8 Å². The standard InChI is InChI=1S/C13H27NO2/c1-3-5-7-9-11(10-8-6-4-2)12(14)13(15)16/h11-12H,3-10,14H2,1-2H3,(H,15,16)/t12-/m1/s1. The lowest BCUT2D eigenvalue weighted by Crippen LogP contribution is -2.38. The Balaban J connectivity index is 3.99. The van der Waals surface area contributed by atoms with Gasteiger partial charge in [-0.25, -0.2) is 0 Å². The van der Waals surface area contributed by atoms with E-state index in [1.54, 1.807) is 0 Å². The van der Waals surface area contributed by atoms with Gasteiger partial charge in [0.1, 0.15) is 6.04 Å². The summed E-state index contributed by atoms with van der Waals surface area (Å²) in [4.78, 5) is 10.9. The summed E-state index contributed by atoms with van der Waals surface area (Å²) < 4.78 is 0. The summed E-state index contributed by atoms with van der Waals surface area (Å²) in [6, 6.07) is -0.672. The van der Waals surface area contributed by atoms with E-state index in [0.29, 0.717) is 0 Å². The lowest BCUT2D eigenvalue weighted by Gasteiger charge is -2.20. The first kappa shape index (κ1) is 15.4. The van der Waals surface area contributed by atoms with Crippen LogP contribution in [0.25, 0.3) is 0 Å². The van der Waals surface area contributed by atoms with Crippen LogP contribution < -0.4 is 5.73 Å². The molecule has 0 rings (SSSR count). The number of rotatable bonds is 10. The van der Waals surface area contributed by atoms with E-state index in [1.165, 1.54) is 25.7 Å². The fraction of sp³-hybridized carbons (Fsp3) is 0.923. The number of carboxylic acid groups (broad SMARTS) is 1. The summed E-state index contributed by atoms with van der Waals surface area (Å²) in [5, 5.41) is 8.94. The Bertz CT molecular complexity index is 173. The quantitative estimate of drug-likeness (QED) is 0.565. The van der Waals surface area contributed by atoms with Gasteiger partial charge in [-0.1, -0.05) is 52.4 Å². The minimum absolute atomic E-state index is 0.163. The van der Waals surface area contributed by atoms with Gasteiger partial charge in [-0.05, 0) is 18.8 Å². The molecule has 1 atom stereocenters. The van der Waals surface area contributed by atoms with Gasteiger partial charge < -0.3 is 10.8 Å². The lowest BCUT2D eigenvalue weighted by molar-refractivity contribution is -0.140. The van der Waals surface area contributed by atoms with E-state index in [1.807, 2.05) is 0 Å². The second-order valence-electron chi connectivity index (χ2n) is 4.62. The van der Waals surface area contributed by atoms with Crippen molar-refractivity contribution in [3.8, 4) is 0 Å². The number of carboxylic acids is 1. The molecule has 0 saturated carbocycles. The molecule has 3 N–H and O–H groups in total. The summed E-state index contributed by atoms with van der Waals surface area (Å²) in [5.41, 5.74) is 5.73. The topological polar surface area (TPSA) is 63.3 Å². The number of aliphatic carboxylic acids is 1. The van der Waals surface area contributed by atoms with Gasteiger partial charge in [-0.15, -0.1) is 0 Å². The predicted octanol–water partition coefficient (Wildman–Crippen LogP) is 3.18. The van der Waals surface area contributed by atoms with Gasteiger partial charge in [0.05, 0.1) is 0 Å². The molecule has 0 radical (unpaired) electrons. The molecule has 0 fully saturated rings. The number of hydrogen-bond donors (Lipinski definition) is 2. The Kier molecular flexibility index (Phi) is 9.30. The van der Waals surface area contributed by atoms with Crippen molar-refractivity contribution in [3.63, 3.8) is 0 Å². The zero-order valence-electron chi connectivity index (χ0n) is 10.7. The normalized spacial score (nSPS) is 13.0. The van der Waals surface area contributed by atoms with Crippen LogP contribution in [0.4, 0.5) is 0 Å². The molecule has 0 saturated heterocycles. The Labute approximate surface area is 99.4 Å². The van der Waals surface area contributed by atoms with Crippen LogP contribution in [0.2, 0.25) is 0 Å². The van der Waals surface area contributed by atoms with Crippen LogP contribution in [0.15, 0.2) is 0 Å². The monoisotopic (exact) mass is 229 g/mol. The number of nitrogens with two attached hydrogens (primary N) is 1. The van der Waals surface area contributed by atoms with Crippen LogP contribution in [0.5, 0.6) is 0 Å². The number of unbranched alkanes of at least 4 members (excludes halogenated alkanes) is 4. The summed E-state index contributed by atoms with van der Waals surface area (Å²) in [5.74, 6) is -0.686. The zero-order valence-corrected chi connectivity index (χ0v) is 10.7. The van der Waals surface area contributed by atoms with Crippen molar-refractivity contribution in [2.75, 3.05) is 0 Å². The van der Waals surface area contributed by atoms with Crippen LogP contribution in [0.3, 0.4) is 0 Å². The van der Waals surface area contributed by atoms with E-state index >= 15 is 0 Å². The van der Waals surface area contributed by atoms with E-state index in [4.69, 9.17) is 10.8 Å². The van der Waals surface area contributed by atoms with Crippen molar-refractivity contribution in [2.24, 2.45) is 11.7 Å². The number of carbonyl (C=O) groups is 1. The molecule has 0 heterocycles. The molecule has 0 aromatic heterocycles. The van der Waals surface area contributed by atoms with Crippen LogP contribution in [-0.4, -0.2) is 17.1 Å². The average molecular weight is 229 g/mol. The van der Waals surface area contributed by atoms with Crippen LogP contribution >= 0.6 is 0 Å². The van der Waals surface area contributed by atoms with Crippen LogP contribution in [0, 0.1) is 5.92 Å². The molecule has 0 bridgehead atoms. The largest absolute Gasteiger partial charge is 0.480 e. The molecule has 0 aliphatic carbocycles. The summed E-state index contributed by atoms with van der Waals surface area (Å²) in [7, 11) is 0. The third-order valence-electron chi connectivity index (χ3n) is 3.15. The molecule has 0 aromatic rings. The first-order chi connectivity index (χ1) is 7.63. The van der Waals surface area contributed by atoms with Gasteiger partial charge in [0, 0.05) is 0 Å². The van der Waals surface area contributed by atoms with Crippen molar-refractivity contribution >= 4 is 5.97 Å². The molecule has 16 heavy (non-hydrogen) atoms. The smallest absolute Gasteiger partial charge is 0.320 e. The van der Waals surface area contributed by atoms with Gasteiger partial charge in [-0.3, -0.25) is 4.79 Å². The maximum Gasteiger partial charge on any atom is 0.320 e. The highest BCUT2D eigenvalue weighted by Gasteiger charge is 2.22. The van der Waals surface area contributed by atoms with Crippen LogP contribution in [0.1, 0.15) is 65.2 Å². The van der Waals surface area contributed by atoms with Crippen LogP contribution in [-0.2, 0) is 4.79 Å². The molecule has 96 valence electrons. The van der Waals surface area contributed by atoms with Crippen molar-refractivity contribution in [3.05, 3.63) is 0 Å². The number of hydrogen-bond acceptors (Lipinski definition) is 2. The zero-order chi connectivity index (χ0) is 12.4. The highest BCUT2D eigenvalue weighted by Crippen LogP contribution is 2.20. The third kappa shape index (κ3) is 6.83. The Morgan fingerprint density at radius 2 is 1.50 bits per heavy atom. The van der Waals surface area contributed by atoms with Gasteiger partial charge >= 0.3 is 5.97 Å². The highest BCUT2D eigenvalue weighted by atomic mass is 16.4. The second kappa shape index (κ2) is 9.64. The maximum atomic E-state index is 10.9. The van der Waals surface area contributed by atoms with Gasteiger partial charge in [0.25, 0.3) is 0 Å². The molecule has 0 unspecified atom stereocenters. The second-order valence-corrected chi connectivity index (χ2v) is 4.62. The van der Waals surface area contributed by atoms with Crippen molar-refractivity contribution in [1.82, 2.24) is 0 Å². The lowest BCUT2D eigenvalue weighted by atomic mass is 9.89. The molecule has 3 heteroatoms. The van der Waals surface area contributed by atoms with E-state index in [0.717, 1.165) is 25.7 Å². The van der Waals surface area contributed by atoms with Gasteiger partial charge in [0.15, 0.2) is 0 Å². The fourth-order valence-electron chi connectivity index (χ4n) is 2.02. The van der Waals surface area contributed by atoms with Crippen molar-refractivity contribution in [1.29, 1.82) is 0 Å². The Morgan fingerprint density at radius 1 is 1.06 bits per heavy atom. The minimum atomic E-state index is -0.849. The highest BCUT2D eigenvalue weighted by molar-refractivity contribution is 5.73. The molecule has 0 aliphatic rings. The summed E-state index contributed by atoms with van der Waals surface area (Å²) >= 11 is 0. The first-order valence-corrected chi connectivity index (χ1v) is 6.61. The molecule has 0 aliphatic heterocycles. The molecular formula is C13H27NO2. The predicted molar refractivity (Wildman–Crippen MR) is 67.4 cm³/mol. The maximum absolute atomic E-state index is 10.9. The first-order valence-electron chi connectivity index (χ1n) is 6.61. The SMILES string of the molecule is CCCCCC(CCCCC)[C@@H](N)C(=O)O. The molecule has 3 nitrogen and oxygen atoms in total. The summed E-state index contributed by atoms with van der Waals surface area (Å²) in [6.45, 7) is 4.31. The molecule has 0 spiro atoms. The molecule has 0 amide bonds. The Morgan fingerprint density at radius 3 is 1.81 bits per heavy atom. The Hall–Kier alpha value is -0.570. The van der Waals surface area contributed by atoms with Gasteiger partial charge in [0.2, 0.25) is 0 Å².